The monoisotopic (exact) mass is 811 g/mol. The van der Waals surface area contributed by atoms with Gasteiger partial charge in [0.15, 0.2) is 0 Å². The largest absolute Gasteiger partial charge is 0.491 e. The molecule has 3 amide bonds. The van der Waals surface area contributed by atoms with Gasteiger partial charge in [0.05, 0.1) is 52.5 Å². The van der Waals surface area contributed by atoms with E-state index in [9.17, 15) is 19.2 Å². The lowest BCUT2D eigenvalue weighted by atomic mass is 9.95. The summed E-state index contributed by atoms with van der Waals surface area (Å²) in [7, 11) is 1.28. The Kier molecular flexibility index (Phi) is 17.9. The van der Waals surface area contributed by atoms with Crippen molar-refractivity contribution in [2.45, 2.75) is 58.6 Å². The molecular formula is C43H53N7O9. The highest BCUT2D eigenvalue weighted by Gasteiger charge is 2.25. The van der Waals surface area contributed by atoms with Crippen molar-refractivity contribution in [1.29, 1.82) is 0 Å². The van der Waals surface area contributed by atoms with Crippen LogP contribution in [0.4, 0.5) is 10.6 Å². The molecule has 3 aromatic carbocycles. The number of aryl methyl sites for hydroxylation is 1. The number of anilines is 1. The van der Waals surface area contributed by atoms with E-state index in [-0.39, 0.29) is 38.4 Å². The number of azide groups is 1. The molecule has 4 aromatic rings. The minimum atomic E-state index is -0.720. The molecule has 0 saturated carbocycles. The van der Waals surface area contributed by atoms with Crippen molar-refractivity contribution >= 4 is 40.5 Å². The average Bonchev–Trinajstić information content (AvgIpc) is 3.21. The molecule has 0 saturated heterocycles. The second-order valence-electron chi connectivity index (χ2n) is 14.4. The van der Waals surface area contributed by atoms with E-state index >= 15 is 0 Å². The van der Waals surface area contributed by atoms with E-state index < -0.39 is 29.6 Å². The number of carbonyl (C=O) groups excluding carboxylic acids is 4. The SMILES string of the molecule is COC(=O)C[C@H](NC(=O)CNC(=O)CCCN(C(=O)OC(C)(C)C)c1cc(C)ccn1)c1ccc(-c2cccc3ccc(OCCOCCOCCN=[N+]=[N-])cc23)cc1. The Morgan fingerprint density at radius 2 is 1.66 bits per heavy atom. The first-order valence-electron chi connectivity index (χ1n) is 19.3. The fourth-order valence-electron chi connectivity index (χ4n) is 5.88. The summed E-state index contributed by atoms with van der Waals surface area (Å²) in [5.74, 6) is -0.277. The smallest absolute Gasteiger partial charge is 0.416 e. The molecule has 4 rings (SSSR count). The molecule has 0 unspecified atom stereocenters. The van der Waals surface area contributed by atoms with Gasteiger partial charge in [-0.2, -0.15) is 0 Å². The normalized spacial score (nSPS) is 11.5. The lowest BCUT2D eigenvalue weighted by Gasteiger charge is -2.27. The van der Waals surface area contributed by atoms with Gasteiger partial charge in [-0.1, -0.05) is 53.6 Å². The highest BCUT2D eigenvalue weighted by molar-refractivity contribution is 5.97. The molecule has 0 aliphatic rings. The molecule has 0 aliphatic heterocycles. The molecule has 1 heterocycles. The number of fused-ring (bicyclic) bond motifs is 1. The Morgan fingerprint density at radius 3 is 2.37 bits per heavy atom. The molecule has 59 heavy (non-hydrogen) atoms. The van der Waals surface area contributed by atoms with Crippen LogP contribution in [0.25, 0.3) is 32.3 Å². The standard InChI is InChI=1S/C43H53N7O9/c1-30-17-18-45-38(26-30)50(42(54)59-43(2,3)4)20-7-10-39(51)46-29-40(52)48-37(28-41(53)55-5)33-13-11-32(12-14-33)35-9-6-8-31-15-16-34(27-36(31)35)58-25-24-57-23-22-56-21-19-47-49-44/h6,8-9,11-18,26-27,37H,7,10,19-25,28-29H2,1-5H3,(H,46,51)(H,48,52)/t37-/m0/s1. The second-order valence-corrected chi connectivity index (χ2v) is 14.4. The predicted octanol–water partition coefficient (Wildman–Crippen LogP) is 6.99. The van der Waals surface area contributed by atoms with Gasteiger partial charge in [-0.25, -0.2) is 9.78 Å². The van der Waals surface area contributed by atoms with E-state index in [2.05, 4.69) is 25.6 Å². The van der Waals surface area contributed by atoms with Crippen LogP contribution in [-0.2, 0) is 33.3 Å². The Balaban J connectivity index is 1.32. The van der Waals surface area contributed by atoms with Crippen LogP contribution >= 0.6 is 0 Å². The minimum Gasteiger partial charge on any atom is -0.491 e. The molecule has 0 spiro atoms. The van der Waals surface area contributed by atoms with Crippen LogP contribution < -0.4 is 20.3 Å². The summed E-state index contributed by atoms with van der Waals surface area (Å²) in [5.41, 5.74) is 11.0. The third-order valence-corrected chi connectivity index (χ3v) is 8.70. The summed E-state index contributed by atoms with van der Waals surface area (Å²) < 4.78 is 27.3. The van der Waals surface area contributed by atoms with Crippen molar-refractivity contribution < 1.29 is 42.9 Å². The number of ether oxygens (including phenoxy) is 5. The van der Waals surface area contributed by atoms with Crippen LogP contribution in [0.15, 0.2) is 84.1 Å². The number of benzene rings is 3. The zero-order valence-corrected chi connectivity index (χ0v) is 34.3. The highest BCUT2D eigenvalue weighted by atomic mass is 16.6. The fourth-order valence-corrected chi connectivity index (χ4v) is 5.88. The second kappa shape index (κ2) is 23.3. The van der Waals surface area contributed by atoms with Crippen molar-refractivity contribution in [1.82, 2.24) is 15.6 Å². The summed E-state index contributed by atoms with van der Waals surface area (Å²) in [6.45, 7) is 9.19. The molecule has 314 valence electrons. The summed E-state index contributed by atoms with van der Waals surface area (Å²) in [5, 5.41) is 10.9. The van der Waals surface area contributed by atoms with Gasteiger partial charge in [-0.05, 0) is 96.9 Å². The fraction of sp³-hybridized carbons (Fsp3) is 0.419. The van der Waals surface area contributed by atoms with Crippen LogP contribution in [0.3, 0.4) is 0 Å². The van der Waals surface area contributed by atoms with Gasteiger partial charge in [0, 0.05) is 30.6 Å². The van der Waals surface area contributed by atoms with Gasteiger partial charge < -0.3 is 34.3 Å². The van der Waals surface area contributed by atoms with E-state index in [1.54, 1.807) is 33.0 Å². The van der Waals surface area contributed by atoms with Crippen molar-refractivity contribution in [2.75, 3.05) is 64.7 Å². The number of hydrogen-bond acceptors (Lipinski definition) is 11. The van der Waals surface area contributed by atoms with Crippen LogP contribution in [0, 0.1) is 6.92 Å². The number of aromatic nitrogens is 1. The minimum absolute atomic E-state index is 0.0423. The molecule has 0 bridgehead atoms. The lowest BCUT2D eigenvalue weighted by Crippen LogP contribution is -2.40. The molecule has 0 fully saturated rings. The predicted molar refractivity (Wildman–Crippen MR) is 223 cm³/mol. The van der Waals surface area contributed by atoms with Crippen molar-refractivity contribution in [3.63, 3.8) is 0 Å². The first kappa shape index (κ1) is 45.5. The maximum Gasteiger partial charge on any atom is 0.416 e. The lowest BCUT2D eigenvalue weighted by molar-refractivity contribution is -0.141. The average molecular weight is 812 g/mol. The highest BCUT2D eigenvalue weighted by Crippen LogP contribution is 2.32. The van der Waals surface area contributed by atoms with Crippen LogP contribution in [0.1, 0.15) is 57.2 Å². The molecule has 16 nitrogen and oxygen atoms in total. The topological polar surface area (TPSA) is 203 Å². The number of nitrogens with zero attached hydrogens (tertiary/aromatic N) is 5. The van der Waals surface area contributed by atoms with E-state index in [0.717, 1.165) is 27.5 Å². The van der Waals surface area contributed by atoms with E-state index in [1.165, 1.54) is 12.0 Å². The first-order chi connectivity index (χ1) is 28.4. The zero-order valence-electron chi connectivity index (χ0n) is 34.3. The molecule has 0 aliphatic carbocycles. The van der Waals surface area contributed by atoms with E-state index in [0.29, 0.717) is 56.6 Å². The Labute approximate surface area is 344 Å². The van der Waals surface area contributed by atoms with Crippen molar-refractivity contribution in [3.8, 4) is 16.9 Å². The van der Waals surface area contributed by atoms with Crippen molar-refractivity contribution in [3.05, 3.63) is 101 Å². The van der Waals surface area contributed by atoms with Gasteiger partial charge in [0.1, 0.15) is 23.8 Å². The van der Waals surface area contributed by atoms with Gasteiger partial charge in [0.2, 0.25) is 11.8 Å². The Morgan fingerprint density at radius 1 is 0.915 bits per heavy atom. The Bertz CT molecular complexity index is 2060. The number of carbonyl (C=O) groups is 4. The number of hydrogen-bond donors (Lipinski definition) is 2. The summed E-state index contributed by atoms with van der Waals surface area (Å²) >= 11 is 0. The van der Waals surface area contributed by atoms with Gasteiger partial charge in [-0.15, -0.1) is 0 Å². The molecule has 16 heteroatoms. The number of methoxy groups -OCH3 is 1. The van der Waals surface area contributed by atoms with Crippen LogP contribution in [0.5, 0.6) is 5.75 Å². The number of amides is 3. The van der Waals surface area contributed by atoms with Crippen LogP contribution in [0.2, 0.25) is 0 Å². The van der Waals surface area contributed by atoms with E-state index in [1.807, 2.05) is 73.7 Å². The number of nitrogens with one attached hydrogen (secondary N) is 2. The van der Waals surface area contributed by atoms with Gasteiger partial charge in [0.25, 0.3) is 0 Å². The van der Waals surface area contributed by atoms with E-state index in [4.69, 9.17) is 29.2 Å². The molecular weight excluding hydrogens is 759 g/mol. The number of pyridine rings is 1. The molecule has 1 aromatic heterocycles. The first-order valence-corrected chi connectivity index (χ1v) is 19.3. The summed E-state index contributed by atoms with van der Waals surface area (Å²) in [4.78, 5) is 59.6. The van der Waals surface area contributed by atoms with Gasteiger partial charge in [-0.3, -0.25) is 19.3 Å². The maximum absolute atomic E-state index is 13.1. The third kappa shape index (κ3) is 15.6. The molecule has 2 N–H and O–H groups in total. The quantitative estimate of drug-likeness (QED) is 0.0274. The van der Waals surface area contributed by atoms with Crippen molar-refractivity contribution in [2.24, 2.45) is 5.11 Å². The van der Waals surface area contributed by atoms with Gasteiger partial charge >= 0.3 is 12.1 Å². The zero-order chi connectivity index (χ0) is 42.6. The number of esters is 1. The van der Waals surface area contributed by atoms with Crippen LogP contribution in [-0.4, -0.2) is 94.2 Å². The molecule has 1 atom stereocenters. The maximum atomic E-state index is 13.1. The summed E-state index contributed by atoms with van der Waals surface area (Å²) in [6.07, 6.45) is 1.24. The third-order valence-electron chi connectivity index (χ3n) is 8.70. The molecule has 0 radical (unpaired) electrons. The Hall–Kier alpha value is -6.22. The summed E-state index contributed by atoms with van der Waals surface area (Å²) in [6, 6.07) is 22.3. The number of rotatable bonds is 22.